The Morgan fingerprint density at radius 3 is 1.77 bits per heavy atom. The van der Waals surface area contributed by atoms with Crippen LogP contribution in [0.4, 0.5) is 5.69 Å². The van der Waals surface area contributed by atoms with Crippen molar-refractivity contribution in [2.75, 3.05) is 31.5 Å². The fraction of sp³-hybridized carbons (Fsp3) is 0.240. The molecular formula is C25H26ClN3O. The van der Waals surface area contributed by atoms with Gasteiger partial charge < -0.3 is 5.32 Å². The number of halogens is 1. The van der Waals surface area contributed by atoms with Gasteiger partial charge in [-0.2, -0.15) is 0 Å². The van der Waals surface area contributed by atoms with Crippen molar-refractivity contribution in [3.05, 3.63) is 101 Å². The third-order valence-electron chi connectivity index (χ3n) is 5.44. The van der Waals surface area contributed by atoms with Gasteiger partial charge in [0.25, 0.3) is 5.91 Å². The van der Waals surface area contributed by atoms with E-state index in [1.807, 2.05) is 54.6 Å². The van der Waals surface area contributed by atoms with Crippen LogP contribution in [0.25, 0.3) is 0 Å². The summed E-state index contributed by atoms with van der Waals surface area (Å²) in [5, 5.41) is 3.71. The van der Waals surface area contributed by atoms with Gasteiger partial charge in [0.2, 0.25) is 0 Å². The maximum Gasteiger partial charge on any atom is 0.255 e. The molecular weight excluding hydrogens is 394 g/mol. The molecule has 0 radical (unpaired) electrons. The maximum absolute atomic E-state index is 12.4. The summed E-state index contributed by atoms with van der Waals surface area (Å²) in [4.78, 5) is 17.3. The Morgan fingerprint density at radius 1 is 0.733 bits per heavy atom. The molecule has 5 heteroatoms. The number of benzene rings is 3. The predicted molar refractivity (Wildman–Crippen MR) is 123 cm³/mol. The van der Waals surface area contributed by atoms with Crippen molar-refractivity contribution in [2.45, 2.75) is 13.1 Å². The fourth-order valence-corrected chi connectivity index (χ4v) is 3.82. The molecule has 1 N–H and O–H groups in total. The van der Waals surface area contributed by atoms with Gasteiger partial charge in [0.15, 0.2) is 0 Å². The molecule has 0 aromatic heterocycles. The lowest BCUT2D eigenvalue weighted by Gasteiger charge is -2.34. The number of rotatable bonds is 6. The van der Waals surface area contributed by atoms with E-state index in [9.17, 15) is 4.79 Å². The number of anilines is 1. The topological polar surface area (TPSA) is 35.6 Å². The smallest absolute Gasteiger partial charge is 0.255 e. The van der Waals surface area contributed by atoms with E-state index in [1.165, 1.54) is 11.1 Å². The Morgan fingerprint density at radius 2 is 1.23 bits per heavy atom. The second kappa shape index (κ2) is 9.90. The average molecular weight is 420 g/mol. The van der Waals surface area contributed by atoms with Gasteiger partial charge >= 0.3 is 0 Å². The first-order chi connectivity index (χ1) is 14.7. The van der Waals surface area contributed by atoms with Gasteiger partial charge in [-0.1, -0.05) is 54.1 Å². The summed E-state index contributed by atoms with van der Waals surface area (Å²) in [7, 11) is 0. The summed E-state index contributed by atoms with van der Waals surface area (Å²) in [5.41, 5.74) is 4.02. The van der Waals surface area contributed by atoms with E-state index in [-0.39, 0.29) is 5.91 Å². The standard InChI is InChI=1S/C25H26ClN3O/c26-23-12-8-21(9-13-23)19-29-16-14-28(15-17-29)18-20-6-10-22(11-7-20)25(30)27-24-4-2-1-3-5-24/h1-13H,14-19H2,(H,27,30). The van der Waals surface area contributed by atoms with Gasteiger partial charge in [-0.25, -0.2) is 0 Å². The van der Waals surface area contributed by atoms with Crippen molar-refractivity contribution in [2.24, 2.45) is 0 Å². The van der Waals surface area contributed by atoms with E-state index < -0.39 is 0 Å². The number of carbonyl (C=O) groups excluding carboxylic acids is 1. The number of nitrogens with one attached hydrogen (secondary N) is 1. The molecule has 0 saturated carbocycles. The lowest BCUT2D eigenvalue weighted by Crippen LogP contribution is -2.45. The van der Waals surface area contributed by atoms with Crippen LogP contribution in [0.1, 0.15) is 21.5 Å². The first kappa shape index (κ1) is 20.6. The minimum Gasteiger partial charge on any atom is -0.322 e. The molecule has 30 heavy (non-hydrogen) atoms. The molecule has 0 bridgehead atoms. The van der Waals surface area contributed by atoms with E-state index in [1.54, 1.807) is 0 Å². The van der Waals surface area contributed by atoms with Crippen molar-refractivity contribution in [3.8, 4) is 0 Å². The molecule has 1 amide bonds. The number of amides is 1. The normalized spacial score (nSPS) is 15.1. The second-order valence-electron chi connectivity index (χ2n) is 7.70. The third-order valence-corrected chi connectivity index (χ3v) is 5.69. The Balaban J connectivity index is 1.25. The zero-order valence-corrected chi connectivity index (χ0v) is 17.7. The van der Waals surface area contributed by atoms with E-state index in [4.69, 9.17) is 11.6 Å². The summed E-state index contributed by atoms with van der Waals surface area (Å²) in [6.45, 7) is 6.08. The lowest BCUT2D eigenvalue weighted by atomic mass is 10.1. The van der Waals surface area contributed by atoms with Gasteiger partial charge in [-0.15, -0.1) is 0 Å². The van der Waals surface area contributed by atoms with E-state index in [0.717, 1.165) is 50.0 Å². The van der Waals surface area contributed by atoms with E-state index in [0.29, 0.717) is 5.56 Å². The molecule has 0 atom stereocenters. The highest BCUT2D eigenvalue weighted by Gasteiger charge is 2.17. The predicted octanol–water partition coefficient (Wildman–Crippen LogP) is 4.91. The first-order valence-corrected chi connectivity index (χ1v) is 10.7. The average Bonchev–Trinajstić information content (AvgIpc) is 2.78. The molecule has 1 saturated heterocycles. The summed E-state index contributed by atoms with van der Waals surface area (Å²) in [6.07, 6.45) is 0. The zero-order valence-electron chi connectivity index (χ0n) is 16.9. The molecule has 0 aliphatic carbocycles. The summed E-state index contributed by atoms with van der Waals surface area (Å²) < 4.78 is 0. The van der Waals surface area contributed by atoms with Crippen LogP contribution in [0.15, 0.2) is 78.9 Å². The molecule has 0 spiro atoms. The van der Waals surface area contributed by atoms with Crippen molar-refractivity contribution in [1.29, 1.82) is 0 Å². The second-order valence-corrected chi connectivity index (χ2v) is 8.13. The van der Waals surface area contributed by atoms with Crippen LogP contribution in [-0.2, 0) is 13.1 Å². The Bertz CT molecular complexity index is 950. The Hall–Kier alpha value is -2.66. The molecule has 0 unspecified atom stereocenters. The van der Waals surface area contributed by atoms with Gasteiger partial charge in [-0.05, 0) is 47.5 Å². The minimum atomic E-state index is -0.0800. The summed E-state index contributed by atoms with van der Waals surface area (Å²) in [6, 6.07) is 25.6. The van der Waals surface area contributed by atoms with Crippen LogP contribution in [0.3, 0.4) is 0 Å². The largest absolute Gasteiger partial charge is 0.322 e. The number of nitrogens with zero attached hydrogens (tertiary/aromatic N) is 2. The number of hydrogen-bond acceptors (Lipinski definition) is 3. The quantitative estimate of drug-likeness (QED) is 0.616. The van der Waals surface area contributed by atoms with Gasteiger partial charge in [0.1, 0.15) is 0 Å². The van der Waals surface area contributed by atoms with Crippen LogP contribution in [0, 0.1) is 0 Å². The number of carbonyl (C=O) groups is 1. The highest BCUT2D eigenvalue weighted by atomic mass is 35.5. The molecule has 1 aliphatic heterocycles. The molecule has 1 heterocycles. The van der Waals surface area contributed by atoms with Crippen LogP contribution in [-0.4, -0.2) is 41.9 Å². The van der Waals surface area contributed by atoms with Crippen molar-refractivity contribution < 1.29 is 4.79 Å². The zero-order chi connectivity index (χ0) is 20.8. The fourth-order valence-electron chi connectivity index (χ4n) is 3.70. The Labute approximate surface area is 183 Å². The van der Waals surface area contributed by atoms with Crippen LogP contribution < -0.4 is 5.32 Å². The van der Waals surface area contributed by atoms with Gasteiger partial charge in [0, 0.05) is 55.5 Å². The molecule has 1 fully saturated rings. The monoisotopic (exact) mass is 419 g/mol. The number of hydrogen-bond donors (Lipinski definition) is 1. The molecule has 1 aliphatic rings. The molecule has 4 rings (SSSR count). The highest BCUT2D eigenvalue weighted by molar-refractivity contribution is 6.30. The third kappa shape index (κ3) is 5.70. The summed E-state index contributed by atoms with van der Waals surface area (Å²) in [5.74, 6) is -0.0800. The summed E-state index contributed by atoms with van der Waals surface area (Å²) >= 11 is 5.97. The molecule has 3 aromatic rings. The Kier molecular flexibility index (Phi) is 6.80. The van der Waals surface area contributed by atoms with Crippen LogP contribution >= 0.6 is 11.6 Å². The van der Waals surface area contributed by atoms with Gasteiger partial charge in [0.05, 0.1) is 0 Å². The lowest BCUT2D eigenvalue weighted by molar-refractivity contribution is 0.102. The highest BCUT2D eigenvalue weighted by Crippen LogP contribution is 2.15. The van der Waals surface area contributed by atoms with Crippen LogP contribution in [0.2, 0.25) is 5.02 Å². The number of para-hydroxylation sites is 1. The SMILES string of the molecule is O=C(Nc1ccccc1)c1ccc(CN2CCN(Cc3ccc(Cl)cc3)CC2)cc1. The first-order valence-electron chi connectivity index (χ1n) is 10.3. The molecule has 3 aromatic carbocycles. The van der Waals surface area contributed by atoms with Crippen molar-refractivity contribution >= 4 is 23.2 Å². The van der Waals surface area contributed by atoms with E-state index in [2.05, 4.69) is 39.4 Å². The van der Waals surface area contributed by atoms with Crippen LogP contribution in [0.5, 0.6) is 0 Å². The number of piperazine rings is 1. The van der Waals surface area contributed by atoms with Gasteiger partial charge in [-0.3, -0.25) is 14.6 Å². The molecule has 4 nitrogen and oxygen atoms in total. The maximum atomic E-state index is 12.4. The molecule has 154 valence electrons. The van der Waals surface area contributed by atoms with Crippen molar-refractivity contribution in [1.82, 2.24) is 9.80 Å². The van der Waals surface area contributed by atoms with E-state index >= 15 is 0 Å². The minimum absolute atomic E-state index is 0.0800. The van der Waals surface area contributed by atoms with Crippen molar-refractivity contribution in [3.63, 3.8) is 0 Å².